The molecule has 0 atom stereocenters. The summed E-state index contributed by atoms with van der Waals surface area (Å²) in [6.45, 7) is 0.502. The Morgan fingerprint density at radius 3 is 1.94 bits per heavy atom. The van der Waals surface area contributed by atoms with E-state index in [2.05, 4.69) is 34.3 Å². The molecule has 0 aliphatic heterocycles. The van der Waals surface area contributed by atoms with E-state index in [1.807, 2.05) is 48.5 Å². The largest absolute Gasteiger partial charge is 0.356 e. The van der Waals surface area contributed by atoms with Crippen LogP contribution in [0.2, 0.25) is 0 Å². The second kappa shape index (κ2) is 11.4. The van der Waals surface area contributed by atoms with Gasteiger partial charge in [0.2, 0.25) is 15.9 Å². The molecule has 1 saturated carbocycles. The van der Waals surface area contributed by atoms with Crippen LogP contribution in [0.1, 0.15) is 54.7 Å². The molecule has 1 aliphatic rings. The van der Waals surface area contributed by atoms with Gasteiger partial charge in [0.05, 0.1) is 4.90 Å². The van der Waals surface area contributed by atoms with E-state index in [1.54, 1.807) is 12.1 Å². The van der Waals surface area contributed by atoms with Crippen LogP contribution in [0.3, 0.4) is 0 Å². The van der Waals surface area contributed by atoms with Gasteiger partial charge in [-0.2, -0.15) is 0 Å². The summed E-state index contributed by atoms with van der Waals surface area (Å²) in [5.41, 5.74) is 3.22. The van der Waals surface area contributed by atoms with Crippen molar-refractivity contribution in [1.29, 1.82) is 0 Å². The molecule has 0 saturated heterocycles. The average Bonchev–Trinajstić information content (AvgIpc) is 3.36. The maximum Gasteiger partial charge on any atom is 0.240 e. The van der Waals surface area contributed by atoms with Crippen LogP contribution >= 0.6 is 0 Å². The zero-order valence-corrected chi connectivity index (χ0v) is 20.1. The molecule has 0 bridgehead atoms. The number of hydrogen-bond acceptors (Lipinski definition) is 3. The Balaban J connectivity index is 1.31. The first kappa shape index (κ1) is 24.2. The van der Waals surface area contributed by atoms with Crippen molar-refractivity contribution in [2.75, 3.05) is 6.54 Å². The molecule has 6 heteroatoms. The zero-order chi connectivity index (χ0) is 23.8. The van der Waals surface area contributed by atoms with E-state index in [9.17, 15) is 13.2 Å². The summed E-state index contributed by atoms with van der Waals surface area (Å²) in [5, 5.41) is 3.02. The fraction of sp³-hybridized carbons (Fsp3) is 0.321. The predicted octanol–water partition coefficient (Wildman–Crippen LogP) is 4.79. The van der Waals surface area contributed by atoms with Crippen LogP contribution in [0.4, 0.5) is 0 Å². The molecule has 1 aliphatic carbocycles. The third kappa shape index (κ3) is 6.55. The van der Waals surface area contributed by atoms with Gasteiger partial charge in [-0.05, 0) is 48.1 Å². The number of amides is 1. The molecule has 0 aromatic heterocycles. The SMILES string of the molecule is O=C(CC(c1ccccc1)c1ccccc1)NCCc1ccc(S(=O)(=O)NC2CCCC2)cc1. The second-order valence-electron chi connectivity index (χ2n) is 8.92. The molecule has 0 heterocycles. The molecule has 2 N–H and O–H groups in total. The first-order valence-electron chi connectivity index (χ1n) is 12.0. The third-order valence-electron chi connectivity index (χ3n) is 6.44. The summed E-state index contributed by atoms with van der Waals surface area (Å²) in [5.74, 6) is -0.00285. The van der Waals surface area contributed by atoms with Gasteiger partial charge in [0, 0.05) is 24.9 Å². The highest BCUT2D eigenvalue weighted by molar-refractivity contribution is 7.89. The molecule has 0 radical (unpaired) electrons. The highest BCUT2D eigenvalue weighted by Crippen LogP contribution is 2.27. The Hall–Kier alpha value is -2.96. The number of nitrogens with one attached hydrogen (secondary N) is 2. The minimum absolute atomic E-state index is 0.000687. The standard InChI is InChI=1S/C28H32N2O3S/c31-28(21-27(23-9-3-1-4-10-23)24-11-5-2-6-12-24)29-20-19-22-15-17-26(18-16-22)34(32,33)30-25-13-7-8-14-25/h1-6,9-12,15-18,25,27,30H,7-8,13-14,19-21H2,(H,29,31). The summed E-state index contributed by atoms with van der Waals surface area (Å²) >= 11 is 0. The lowest BCUT2D eigenvalue weighted by Gasteiger charge is -2.18. The van der Waals surface area contributed by atoms with Crippen LogP contribution in [-0.2, 0) is 21.2 Å². The Kier molecular flexibility index (Phi) is 8.14. The Bertz CT molecular complexity index is 1120. The first-order valence-corrected chi connectivity index (χ1v) is 13.5. The van der Waals surface area contributed by atoms with Crippen molar-refractivity contribution in [3.63, 3.8) is 0 Å². The highest BCUT2D eigenvalue weighted by atomic mass is 32.2. The number of carbonyl (C=O) groups is 1. The van der Waals surface area contributed by atoms with Gasteiger partial charge in [0.15, 0.2) is 0 Å². The van der Waals surface area contributed by atoms with E-state index >= 15 is 0 Å². The number of benzene rings is 3. The van der Waals surface area contributed by atoms with Crippen LogP contribution in [0.25, 0.3) is 0 Å². The van der Waals surface area contributed by atoms with Crippen LogP contribution in [0.5, 0.6) is 0 Å². The fourth-order valence-corrected chi connectivity index (χ4v) is 5.87. The zero-order valence-electron chi connectivity index (χ0n) is 19.3. The van der Waals surface area contributed by atoms with Crippen molar-refractivity contribution in [3.8, 4) is 0 Å². The summed E-state index contributed by atoms with van der Waals surface area (Å²) in [6, 6.07) is 27.2. The van der Waals surface area contributed by atoms with Crippen molar-refractivity contribution in [1.82, 2.24) is 10.0 Å². The quantitative estimate of drug-likeness (QED) is 0.442. The van der Waals surface area contributed by atoms with E-state index in [-0.39, 0.29) is 17.9 Å². The van der Waals surface area contributed by atoms with Crippen molar-refractivity contribution in [3.05, 3.63) is 102 Å². The van der Waals surface area contributed by atoms with Gasteiger partial charge >= 0.3 is 0 Å². The van der Waals surface area contributed by atoms with Gasteiger partial charge in [0.25, 0.3) is 0 Å². The maximum atomic E-state index is 12.7. The monoisotopic (exact) mass is 476 g/mol. The van der Waals surface area contributed by atoms with Crippen LogP contribution in [-0.4, -0.2) is 26.9 Å². The Labute approximate surface area is 202 Å². The van der Waals surface area contributed by atoms with E-state index in [1.165, 1.54) is 0 Å². The summed E-state index contributed by atoms with van der Waals surface area (Å²) in [6.07, 6.45) is 4.99. The molecule has 178 valence electrons. The molecule has 0 spiro atoms. The number of carbonyl (C=O) groups excluding carboxylic acids is 1. The highest BCUT2D eigenvalue weighted by Gasteiger charge is 2.23. The molecule has 1 fully saturated rings. The molecule has 4 rings (SSSR count). The van der Waals surface area contributed by atoms with E-state index in [4.69, 9.17) is 0 Å². The van der Waals surface area contributed by atoms with Crippen LogP contribution in [0, 0.1) is 0 Å². The lowest BCUT2D eigenvalue weighted by atomic mass is 9.88. The smallest absolute Gasteiger partial charge is 0.240 e. The van der Waals surface area contributed by atoms with Crippen molar-refractivity contribution >= 4 is 15.9 Å². The number of hydrogen-bond donors (Lipinski definition) is 2. The van der Waals surface area contributed by atoms with E-state index in [0.717, 1.165) is 42.4 Å². The molecule has 34 heavy (non-hydrogen) atoms. The van der Waals surface area contributed by atoms with E-state index < -0.39 is 10.0 Å². The molecule has 0 unspecified atom stereocenters. The average molecular weight is 477 g/mol. The third-order valence-corrected chi connectivity index (χ3v) is 7.98. The summed E-state index contributed by atoms with van der Waals surface area (Å²) in [4.78, 5) is 13.0. The van der Waals surface area contributed by atoms with Gasteiger partial charge in [-0.3, -0.25) is 4.79 Å². The lowest BCUT2D eigenvalue weighted by Crippen LogP contribution is -2.32. The van der Waals surface area contributed by atoms with Gasteiger partial charge in [-0.1, -0.05) is 85.6 Å². The molecular formula is C28H32N2O3S. The van der Waals surface area contributed by atoms with Crippen LogP contribution < -0.4 is 10.0 Å². The van der Waals surface area contributed by atoms with Crippen LogP contribution in [0.15, 0.2) is 89.8 Å². The first-order chi connectivity index (χ1) is 16.5. The van der Waals surface area contributed by atoms with Crippen molar-refractivity contribution in [2.45, 2.75) is 55.4 Å². The topological polar surface area (TPSA) is 75.3 Å². The fourth-order valence-electron chi connectivity index (χ4n) is 4.57. The molecule has 5 nitrogen and oxygen atoms in total. The van der Waals surface area contributed by atoms with Gasteiger partial charge < -0.3 is 5.32 Å². The number of rotatable bonds is 10. The molecule has 1 amide bonds. The predicted molar refractivity (Wildman–Crippen MR) is 135 cm³/mol. The van der Waals surface area contributed by atoms with E-state index in [0.29, 0.717) is 24.3 Å². The molecule has 3 aromatic carbocycles. The summed E-state index contributed by atoms with van der Waals surface area (Å²) < 4.78 is 28.0. The number of sulfonamides is 1. The van der Waals surface area contributed by atoms with Crippen molar-refractivity contribution < 1.29 is 13.2 Å². The second-order valence-corrected chi connectivity index (χ2v) is 10.6. The Morgan fingerprint density at radius 1 is 0.824 bits per heavy atom. The normalized spacial score (nSPS) is 14.4. The van der Waals surface area contributed by atoms with Gasteiger partial charge in [0.1, 0.15) is 0 Å². The summed E-state index contributed by atoms with van der Waals surface area (Å²) in [7, 11) is -3.48. The molecular weight excluding hydrogens is 444 g/mol. The molecule has 3 aromatic rings. The van der Waals surface area contributed by atoms with Crippen molar-refractivity contribution in [2.24, 2.45) is 0 Å². The minimum Gasteiger partial charge on any atom is -0.356 e. The lowest BCUT2D eigenvalue weighted by molar-refractivity contribution is -0.121. The minimum atomic E-state index is -3.48. The Morgan fingerprint density at radius 2 is 1.38 bits per heavy atom. The van der Waals surface area contributed by atoms with Gasteiger partial charge in [-0.25, -0.2) is 13.1 Å². The maximum absolute atomic E-state index is 12.7. The van der Waals surface area contributed by atoms with Gasteiger partial charge in [-0.15, -0.1) is 0 Å².